The lowest BCUT2D eigenvalue weighted by atomic mass is 10.0. The van der Waals surface area contributed by atoms with Crippen molar-refractivity contribution in [1.82, 2.24) is 9.55 Å². The summed E-state index contributed by atoms with van der Waals surface area (Å²) in [6.07, 6.45) is 2.69. The molecule has 0 saturated carbocycles. The summed E-state index contributed by atoms with van der Waals surface area (Å²) in [6, 6.07) is 10.8. The van der Waals surface area contributed by atoms with Crippen molar-refractivity contribution in [1.29, 1.82) is 0 Å². The van der Waals surface area contributed by atoms with Gasteiger partial charge in [-0.1, -0.05) is 18.2 Å². The Morgan fingerprint density at radius 1 is 1.14 bits per heavy atom. The number of carbonyl (C=O) groups excluding carboxylic acids is 1. The van der Waals surface area contributed by atoms with E-state index < -0.39 is 11.7 Å². The number of pyridine rings is 2. The predicted octanol–water partition coefficient (Wildman–Crippen LogP) is 5.68. The van der Waals surface area contributed by atoms with Crippen LogP contribution in [0.4, 0.5) is 10.1 Å². The molecule has 2 aromatic heterocycles. The van der Waals surface area contributed by atoms with Crippen LogP contribution in [0.5, 0.6) is 11.5 Å². The van der Waals surface area contributed by atoms with Gasteiger partial charge in [-0.3, -0.25) is 14.6 Å². The van der Waals surface area contributed by atoms with E-state index in [4.69, 9.17) is 21.1 Å². The second-order valence-corrected chi connectivity index (χ2v) is 8.19. The first-order chi connectivity index (χ1) is 17.3. The number of nitrogens with one attached hydrogen (secondary N) is 1. The number of aromatic nitrogens is 2. The Morgan fingerprint density at radius 3 is 2.58 bits per heavy atom. The Morgan fingerprint density at radius 2 is 1.92 bits per heavy atom. The van der Waals surface area contributed by atoms with Gasteiger partial charge in [0, 0.05) is 46.6 Å². The van der Waals surface area contributed by atoms with Crippen LogP contribution >= 0.6 is 11.6 Å². The summed E-state index contributed by atoms with van der Waals surface area (Å²) in [4.78, 5) is 29.7. The Bertz CT molecular complexity index is 1570. The smallest absolute Gasteiger partial charge is 0.258 e. The molecule has 1 N–H and O–H groups in total. The van der Waals surface area contributed by atoms with Gasteiger partial charge in [0.25, 0.3) is 5.56 Å². The third-order valence-electron chi connectivity index (χ3n) is 5.75. The number of aryl methyl sites for hydroxylation is 1. The van der Waals surface area contributed by atoms with Gasteiger partial charge in [0.2, 0.25) is 5.91 Å². The maximum absolute atomic E-state index is 14.7. The third kappa shape index (κ3) is 4.55. The number of methoxy groups -OCH3 is 2. The average Bonchev–Trinajstić information content (AvgIpc) is 2.89. The van der Waals surface area contributed by atoms with Crippen LogP contribution in [0, 0.1) is 5.82 Å². The second-order valence-electron chi connectivity index (χ2n) is 7.81. The molecule has 0 fully saturated rings. The van der Waals surface area contributed by atoms with Gasteiger partial charge in [0.15, 0.2) is 0 Å². The van der Waals surface area contributed by atoms with Crippen LogP contribution in [0.1, 0.15) is 6.92 Å². The number of anilines is 1. The number of nitrogens with zero attached hydrogens (tertiary/aromatic N) is 2. The monoisotopic (exact) mass is 507 g/mol. The molecule has 4 rings (SSSR count). The molecule has 1 amide bonds. The zero-order valence-electron chi connectivity index (χ0n) is 19.9. The molecule has 36 heavy (non-hydrogen) atoms. The SMILES string of the molecule is C=CC(=O)Nc1ccc(F)c(-c2cc3c(cn2)cc(-c2cc(OC)cc(OC)c2Cl)c(=O)n3CC)c1. The molecule has 0 atom stereocenters. The molecule has 0 aliphatic rings. The Hall–Kier alpha value is -4.17. The summed E-state index contributed by atoms with van der Waals surface area (Å²) >= 11 is 6.55. The van der Waals surface area contributed by atoms with Gasteiger partial charge in [0.05, 0.1) is 30.5 Å². The molecule has 4 aromatic rings. The number of hydrogen-bond donors (Lipinski definition) is 1. The van der Waals surface area contributed by atoms with Crippen LogP contribution in [0.3, 0.4) is 0 Å². The number of fused-ring (bicyclic) bond motifs is 1. The lowest BCUT2D eigenvalue weighted by molar-refractivity contribution is -0.111. The highest BCUT2D eigenvalue weighted by Crippen LogP contribution is 2.39. The minimum atomic E-state index is -0.518. The fourth-order valence-electron chi connectivity index (χ4n) is 3.95. The highest BCUT2D eigenvalue weighted by atomic mass is 35.5. The normalized spacial score (nSPS) is 10.8. The molecule has 2 heterocycles. The fraction of sp³-hybridized carbons (Fsp3) is 0.148. The van der Waals surface area contributed by atoms with Crippen LogP contribution in [-0.2, 0) is 11.3 Å². The number of hydrogen-bond acceptors (Lipinski definition) is 5. The molecule has 0 aliphatic carbocycles. The molecule has 7 nitrogen and oxygen atoms in total. The van der Waals surface area contributed by atoms with Gasteiger partial charge in [-0.2, -0.15) is 0 Å². The van der Waals surface area contributed by atoms with E-state index in [0.717, 1.165) is 6.08 Å². The van der Waals surface area contributed by atoms with Crippen molar-refractivity contribution in [2.75, 3.05) is 19.5 Å². The molecule has 2 aromatic carbocycles. The number of rotatable bonds is 7. The van der Waals surface area contributed by atoms with E-state index in [9.17, 15) is 14.0 Å². The molecule has 184 valence electrons. The zero-order valence-corrected chi connectivity index (χ0v) is 20.6. The Labute approximate surface area is 211 Å². The summed E-state index contributed by atoms with van der Waals surface area (Å²) in [5, 5.41) is 3.54. The van der Waals surface area contributed by atoms with Crippen molar-refractivity contribution in [3.8, 4) is 33.9 Å². The molecule has 0 aliphatic heterocycles. The minimum absolute atomic E-state index is 0.179. The summed E-state index contributed by atoms with van der Waals surface area (Å²) in [5.74, 6) is -0.0722. The molecule has 0 radical (unpaired) electrons. The molecule has 9 heteroatoms. The lowest BCUT2D eigenvalue weighted by Gasteiger charge is -2.15. The van der Waals surface area contributed by atoms with Crippen LogP contribution in [0.2, 0.25) is 5.02 Å². The highest BCUT2D eigenvalue weighted by molar-refractivity contribution is 6.35. The first kappa shape index (κ1) is 24.9. The fourth-order valence-corrected chi connectivity index (χ4v) is 4.24. The van der Waals surface area contributed by atoms with Gasteiger partial charge in [-0.05, 0) is 49.4 Å². The third-order valence-corrected chi connectivity index (χ3v) is 6.14. The molecule has 0 bridgehead atoms. The molecular weight excluding hydrogens is 485 g/mol. The number of benzene rings is 2. The summed E-state index contributed by atoms with van der Waals surface area (Å²) in [6.45, 7) is 5.61. The summed E-state index contributed by atoms with van der Waals surface area (Å²) in [7, 11) is 3.00. The largest absolute Gasteiger partial charge is 0.497 e. The van der Waals surface area contributed by atoms with Crippen molar-refractivity contribution in [2.45, 2.75) is 13.5 Å². The minimum Gasteiger partial charge on any atom is -0.497 e. The Balaban J connectivity index is 1.91. The van der Waals surface area contributed by atoms with E-state index in [1.54, 1.807) is 35.0 Å². The number of carbonyl (C=O) groups is 1. The van der Waals surface area contributed by atoms with E-state index in [0.29, 0.717) is 51.5 Å². The predicted molar refractivity (Wildman–Crippen MR) is 139 cm³/mol. The van der Waals surface area contributed by atoms with Crippen molar-refractivity contribution < 1.29 is 18.7 Å². The van der Waals surface area contributed by atoms with Crippen molar-refractivity contribution in [3.05, 3.63) is 82.5 Å². The van der Waals surface area contributed by atoms with E-state index in [-0.39, 0.29) is 16.1 Å². The van der Waals surface area contributed by atoms with Crippen LogP contribution in [0.15, 0.2) is 66.1 Å². The second kappa shape index (κ2) is 10.2. The van der Waals surface area contributed by atoms with E-state index >= 15 is 0 Å². The lowest BCUT2D eigenvalue weighted by Crippen LogP contribution is -2.21. The highest BCUT2D eigenvalue weighted by Gasteiger charge is 2.19. The van der Waals surface area contributed by atoms with Crippen molar-refractivity contribution in [3.63, 3.8) is 0 Å². The number of halogens is 2. The zero-order chi connectivity index (χ0) is 26.0. The maximum atomic E-state index is 14.7. The molecule has 0 spiro atoms. The first-order valence-electron chi connectivity index (χ1n) is 11.0. The number of amides is 1. The van der Waals surface area contributed by atoms with Gasteiger partial charge in [-0.25, -0.2) is 4.39 Å². The first-order valence-corrected chi connectivity index (χ1v) is 11.4. The van der Waals surface area contributed by atoms with Crippen molar-refractivity contribution in [2.24, 2.45) is 0 Å². The van der Waals surface area contributed by atoms with Crippen LogP contribution in [0.25, 0.3) is 33.3 Å². The molecule has 0 saturated heterocycles. The van der Waals surface area contributed by atoms with Gasteiger partial charge < -0.3 is 19.4 Å². The topological polar surface area (TPSA) is 82.5 Å². The Kier molecular flexibility index (Phi) is 7.07. The average molecular weight is 508 g/mol. The van der Waals surface area contributed by atoms with Crippen molar-refractivity contribution >= 4 is 34.1 Å². The summed E-state index contributed by atoms with van der Waals surface area (Å²) in [5.41, 5.74) is 1.98. The molecule has 0 unspecified atom stereocenters. The quantitative estimate of drug-likeness (QED) is 0.325. The van der Waals surface area contributed by atoms with Crippen LogP contribution in [-0.4, -0.2) is 29.7 Å². The maximum Gasteiger partial charge on any atom is 0.258 e. The van der Waals surface area contributed by atoms with Gasteiger partial charge in [0.1, 0.15) is 17.3 Å². The molecular formula is C27H23ClFN3O4. The van der Waals surface area contributed by atoms with E-state index in [1.165, 1.54) is 32.4 Å². The van der Waals surface area contributed by atoms with E-state index in [1.807, 2.05) is 6.92 Å². The summed E-state index contributed by atoms with van der Waals surface area (Å²) < 4.78 is 27.0. The van der Waals surface area contributed by atoms with Gasteiger partial charge >= 0.3 is 0 Å². The van der Waals surface area contributed by atoms with Crippen LogP contribution < -0.4 is 20.3 Å². The van der Waals surface area contributed by atoms with Gasteiger partial charge in [-0.15, -0.1) is 0 Å². The number of ether oxygens (including phenoxy) is 2. The van der Waals surface area contributed by atoms with E-state index in [2.05, 4.69) is 16.9 Å². The standard InChI is InChI=1S/C27H23ClFN3O4/c1-5-25(33)31-16-7-8-21(29)20(10-16)22-13-23-15(14-30-22)9-19(27(34)32(23)6-2)18-11-17(35-3)12-24(36-4)26(18)28/h5,7-14H,1,6H2,2-4H3,(H,31,33).